The van der Waals surface area contributed by atoms with Gasteiger partial charge in [-0.1, -0.05) is 48.5 Å². The number of nitrogens with zero attached hydrogens (tertiary/aromatic N) is 4. The van der Waals surface area contributed by atoms with Crippen LogP contribution in [0.4, 0.5) is 4.79 Å². The predicted octanol–water partition coefficient (Wildman–Crippen LogP) is 3.74. The second-order valence-corrected chi connectivity index (χ2v) is 6.26. The van der Waals surface area contributed by atoms with Gasteiger partial charge in [-0.2, -0.15) is 5.10 Å². The van der Waals surface area contributed by atoms with Crippen molar-refractivity contribution < 1.29 is 9.53 Å². The summed E-state index contributed by atoms with van der Waals surface area (Å²) in [5.41, 5.74) is 1.91. The van der Waals surface area contributed by atoms with Crippen LogP contribution < -0.4 is 0 Å². The number of ether oxygens (including phenoxy) is 1. The molecule has 1 fully saturated rings. The SMILES string of the molecule is O=C(OCc1ccccc1)N1CCC[C@H]1c1ncnn1-c1ccccc1. The molecule has 1 saturated heterocycles. The monoisotopic (exact) mass is 348 g/mol. The number of para-hydroxylation sites is 1. The molecule has 0 saturated carbocycles. The van der Waals surface area contributed by atoms with Crippen LogP contribution in [-0.4, -0.2) is 32.3 Å². The third-order valence-corrected chi connectivity index (χ3v) is 4.57. The number of hydrogen-bond acceptors (Lipinski definition) is 4. The smallest absolute Gasteiger partial charge is 0.410 e. The van der Waals surface area contributed by atoms with Crippen molar-refractivity contribution in [3.63, 3.8) is 0 Å². The predicted molar refractivity (Wildman–Crippen MR) is 96.7 cm³/mol. The van der Waals surface area contributed by atoms with Crippen LogP contribution in [0.5, 0.6) is 0 Å². The number of rotatable bonds is 4. The second kappa shape index (κ2) is 7.39. The zero-order valence-electron chi connectivity index (χ0n) is 14.4. The summed E-state index contributed by atoms with van der Waals surface area (Å²) >= 11 is 0. The Kier molecular flexibility index (Phi) is 4.64. The summed E-state index contributed by atoms with van der Waals surface area (Å²) in [6, 6.07) is 19.4. The highest BCUT2D eigenvalue weighted by Crippen LogP contribution is 2.32. The van der Waals surface area contributed by atoms with Crippen molar-refractivity contribution in [3.8, 4) is 5.69 Å². The standard InChI is InChI=1S/C20H20N4O2/c25-20(26-14-16-8-3-1-4-9-16)23-13-7-12-18(23)19-21-15-22-24(19)17-10-5-2-6-11-17/h1-6,8-11,15,18H,7,12-14H2/t18-/m0/s1. The minimum atomic E-state index is -0.307. The molecular weight excluding hydrogens is 328 g/mol. The molecule has 2 heterocycles. The van der Waals surface area contributed by atoms with Gasteiger partial charge in [0.1, 0.15) is 12.9 Å². The Hall–Kier alpha value is -3.15. The molecule has 0 spiro atoms. The first-order chi connectivity index (χ1) is 12.8. The third kappa shape index (κ3) is 3.31. The van der Waals surface area contributed by atoms with E-state index in [1.54, 1.807) is 9.58 Å². The maximum atomic E-state index is 12.6. The molecule has 0 bridgehead atoms. The quantitative estimate of drug-likeness (QED) is 0.721. The molecular formula is C20H20N4O2. The molecule has 26 heavy (non-hydrogen) atoms. The average Bonchev–Trinajstić information content (AvgIpc) is 3.36. The van der Waals surface area contributed by atoms with Crippen molar-refractivity contribution in [3.05, 3.63) is 78.4 Å². The van der Waals surface area contributed by atoms with E-state index >= 15 is 0 Å². The Labute approximate surface area is 152 Å². The second-order valence-electron chi connectivity index (χ2n) is 6.26. The minimum Gasteiger partial charge on any atom is -0.445 e. The van der Waals surface area contributed by atoms with Crippen molar-refractivity contribution in [2.75, 3.05) is 6.54 Å². The third-order valence-electron chi connectivity index (χ3n) is 4.57. The molecule has 2 aromatic carbocycles. The van der Waals surface area contributed by atoms with Gasteiger partial charge in [0.2, 0.25) is 0 Å². The van der Waals surface area contributed by atoms with Gasteiger partial charge in [0.25, 0.3) is 0 Å². The molecule has 0 aliphatic carbocycles. The normalized spacial score (nSPS) is 16.6. The summed E-state index contributed by atoms with van der Waals surface area (Å²) in [5, 5.41) is 4.35. The number of likely N-dealkylation sites (tertiary alicyclic amines) is 1. The molecule has 0 unspecified atom stereocenters. The van der Waals surface area contributed by atoms with Crippen LogP contribution in [0, 0.1) is 0 Å². The van der Waals surface area contributed by atoms with Crippen LogP contribution in [0.1, 0.15) is 30.3 Å². The summed E-state index contributed by atoms with van der Waals surface area (Å²) < 4.78 is 7.31. The van der Waals surface area contributed by atoms with E-state index < -0.39 is 0 Å². The molecule has 6 nitrogen and oxygen atoms in total. The van der Waals surface area contributed by atoms with Crippen LogP contribution in [0.2, 0.25) is 0 Å². The van der Waals surface area contributed by atoms with E-state index in [0.29, 0.717) is 6.54 Å². The van der Waals surface area contributed by atoms with Crippen molar-refractivity contribution >= 4 is 6.09 Å². The summed E-state index contributed by atoms with van der Waals surface area (Å²) in [6.07, 6.45) is 3.01. The molecule has 132 valence electrons. The van der Waals surface area contributed by atoms with Crippen molar-refractivity contribution in [1.29, 1.82) is 0 Å². The van der Waals surface area contributed by atoms with E-state index in [-0.39, 0.29) is 18.7 Å². The van der Waals surface area contributed by atoms with E-state index in [2.05, 4.69) is 10.1 Å². The Balaban J connectivity index is 1.51. The molecule has 1 aliphatic rings. The summed E-state index contributed by atoms with van der Waals surface area (Å²) in [6.45, 7) is 0.939. The highest BCUT2D eigenvalue weighted by atomic mass is 16.6. The van der Waals surface area contributed by atoms with Crippen LogP contribution in [-0.2, 0) is 11.3 Å². The fraction of sp³-hybridized carbons (Fsp3) is 0.250. The van der Waals surface area contributed by atoms with Gasteiger partial charge in [0.05, 0.1) is 11.7 Å². The fourth-order valence-corrected chi connectivity index (χ4v) is 3.30. The summed E-state index contributed by atoms with van der Waals surface area (Å²) in [4.78, 5) is 18.8. The van der Waals surface area contributed by atoms with Gasteiger partial charge in [-0.25, -0.2) is 14.5 Å². The first-order valence-corrected chi connectivity index (χ1v) is 8.75. The van der Waals surface area contributed by atoms with Crippen molar-refractivity contribution in [2.24, 2.45) is 0 Å². The lowest BCUT2D eigenvalue weighted by molar-refractivity contribution is 0.0905. The molecule has 6 heteroatoms. The van der Waals surface area contributed by atoms with Gasteiger partial charge in [0.15, 0.2) is 5.82 Å². The lowest BCUT2D eigenvalue weighted by Gasteiger charge is -2.23. The lowest BCUT2D eigenvalue weighted by atomic mass is 10.2. The van der Waals surface area contributed by atoms with Gasteiger partial charge in [-0.3, -0.25) is 4.90 Å². The Morgan fingerprint density at radius 1 is 1.08 bits per heavy atom. The molecule has 0 radical (unpaired) electrons. The molecule has 3 aromatic rings. The Morgan fingerprint density at radius 3 is 2.58 bits per heavy atom. The number of benzene rings is 2. The molecule has 1 amide bonds. The minimum absolute atomic E-state index is 0.124. The van der Waals surface area contributed by atoms with E-state index in [9.17, 15) is 4.79 Å². The first kappa shape index (κ1) is 16.3. The van der Waals surface area contributed by atoms with E-state index in [1.165, 1.54) is 6.33 Å². The summed E-state index contributed by atoms with van der Waals surface area (Å²) in [5.74, 6) is 0.769. The number of carbonyl (C=O) groups is 1. The highest BCUT2D eigenvalue weighted by Gasteiger charge is 2.34. The van der Waals surface area contributed by atoms with E-state index in [4.69, 9.17) is 4.74 Å². The zero-order chi connectivity index (χ0) is 17.8. The van der Waals surface area contributed by atoms with Gasteiger partial charge in [0, 0.05) is 6.54 Å². The zero-order valence-corrected chi connectivity index (χ0v) is 14.4. The van der Waals surface area contributed by atoms with Gasteiger partial charge < -0.3 is 4.74 Å². The van der Waals surface area contributed by atoms with Crippen LogP contribution >= 0.6 is 0 Å². The number of amides is 1. The largest absolute Gasteiger partial charge is 0.445 e. The summed E-state index contributed by atoms with van der Waals surface area (Å²) in [7, 11) is 0. The first-order valence-electron chi connectivity index (χ1n) is 8.75. The van der Waals surface area contributed by atoms with Crippen molar-refractivity contribution in [2.45, 2.75) is 25.5 Å². The van der Waals surface area contributed by atoms with Crippen molar-refractivity contribution in [1.82, 2.24) is 19.7 Å². The van der Waals surface area contributed by atoms with Gasteiger partial charge in [-0.05, 0) is 30.5 Å². The maximum Gasteiger partial charge on any atom is 0.410 e. The fourth-order valence-electron chi connectivity index (χ4n) is 3.30. The maximum absolute atomic E-state index is 12.6. The molecule has 1 atom stereocenters. The van der Waals surface area contributed by atoms with E-state index in [0.717, 1.165) is 29.9 Å². The average molecular weight is 348 g/mol. The number of hydrogen-bond donors (Lipinski definition) is 0. The van der Waals surface area contributed by atoms with Gasteiger partial charge in [-0.15, -0.1) is 0 Å². The van der Waals surface area contributed by atoms with Gasteiger partial charge >= 0.3 is 6.09 Å². The topological polar surface area (TPSA) is 60.2 Å². The lowest BCUT2D eigenvalue weighted by Crippen LogP contribution is -2.32. The number of aromatic nitrogens is 3. The molecule has 4 rings (SSSR count). The van der Waals surface area contributed by atoms with E-state index in [1.807, 2.05) is 60.7 Å². The Bertz CT molecular complexity index is 864. The highest BCUT2D eigenvalue weighted by molar-refractivity contribution is 5.68. The van der Waals surface area contributed by atoms with Crippen LogP contribution in [0.15, 0.2) is 67.0 Å². The molecule has 1 aromatic heterocycles. The number of carbonyl (C=O) groups excluding carboxylic acids is 1. The van der Waals surface area contributed by atoms with Crippen LogP contribution in [0.25, 0.3) is 5.69 Å². The Morgan fingerprint density at radius 2 is 1.81 bits per heavy atom. The van der Waals surface area contributed by atoms with Crippen LogP contribution in [0.3, 0.4) is 0 Å². The molecule has 1 aliphatic heterocycles. The molecule has 0 N–H and O–H groups in total.